The highest BCUT2D eigenvalue weighted by Crippen LogP contribution is 2.24. The van der Waals surface area contributed by atoms with Gasteiger partial charge in [0.2, 0.25) is 11.8 Å². The molecule has 0 bridgehead atoms. The molecule has 0 amide bonds. The predicted octanol–water partition coefficient (Wildman–Crippen LogP) is 2.26. The number of nitrogens with zero attached hydrogens (tertiary/aromatic N) is 4. The van der Waals surface area contributed by atoms with E-state index in [-0.39, 0.29) is 11.0 Å². The summed E-state index contributed by atoms with van der Waals surface area (Å²) in [5, 5.41) is 0.0581. The van der Waals surface area contributed by atoms with Gasteiger partial charge in [-0.15, -0.1) is 0 Å². The highest BCUT2D eigenvalue weighted by Gasteiger charge is 2.15. The van der Waals surface area contributed by atoms with Crippen molar-refractivity contribution >= 4 is 28.7 Å². The van der Waals surface area contributed by atoms with Gasteiger partial charge in [-0.25, -0.2) is 14.4 Å². The van der Waals surface area contributed by atoms with Crippen LogP contribution in [0.4, 0.5) is 10.3 Å². The minimum atomic E-state index is -0.465. The van der Waals surface area contributed by atoms with Crippen molar-refractivity contribution in [1.82, 2.24) is 19.5 Å². The fraction of sp³-hybridized carbons (Fsp3) is 0.154. The molecule has 0 aliphatic heterocycles. The molecule has 3 aromatic rings. The lowest BCUT2D eigenvalue weighted by molar-refractivity contribution is 0.401. The van der Waals surface area contributed by atoms with E-state index in [1.807, 2.05) is 0 Å². The van der Waals surface area contributed by atoms with Gasteiger partial charge in [0.05, 0.1) is 18.7 Å². The van der Waals surface area contributed by atoms with E-state index in [2.05, 4.69) is 15.0 Å². The first-order chi connectivity index (χ1) is 10.1. The summed E-state index contributed by atoms with van der Waals surface area (Å²) in [6.07, 6.45) is 1.37. The number of anilines is 1. The molecular formula is C13H11ClFN5O. The van der Waals surface area contributed by atoms with Gasteiger partial charge >= 0.3 is 0 Å². The first-order valence-electron chi connectivity index (χ1n) is 6.04. The Morgan fingerprint density at radius 3 is 2.90 bits per heavy atom. The maximum atomic E-state index is 13.2. The van der Waals surface area contributed by atoms with Crippen LogP contribution >= 0.6 is 11.6 Å². The van der Waals surface area contributed by atoms with Crippen LogP contribution in [0.2, 0.25) is 5.02 Å². The van der Waals surface area contributed by atoms with Gasteiger partial charge in [0.15, 0.2) is 11.2 Å². The molecular weight excluding hydrogens is 297 g/mol. The molecule has 0 unspecified atom stereocenters. The molecule has 1 aromatic carbocycles. The van der Waals surface area contributed by atoms with Crippen LogP contribution in [0.1, 0.15) is 5.56 Å². The molecule has 6 nitrogen and oxygen atoms in total. The maximum Gasteiger partial charge on any atom is 0.245 e. The van der Waals surface area contributed by atoms with Crippen LogP contribution in [0.5, 0.6) is 5.88 Å². The third-order valence-electron chi connectivity index (χ3n) is 3.05. The summed E-state index contributed by atoms with van der Waals surface area (Å²) in [6.45, 7) is 0.364. The topological polar surface area (TPSA) is 78.8 Å². The minimum absolute atomic E-state index is 0.0581. The van der Waals surface area contributed by atoms with Gasteiger partial charge in [0.25, 0.3) is 0 Å². The van der Waals surface area contributed by atoms with E-state index in [0.717, 1.165) is 5.56 Å². The summed E-state index contributed by atoms with van der Waals surface area (Å²) in [5.41, 5.74) is 7.72. The average Bonchev–Trinajstić information content (AvgIpc) is 2.79. The Balaban J connectivity index is 2.08. The van der Waals surface area contributed by atoms with E-state index >= 15 is 0 Å². The predicted molar refractivity (Wildman–Crippen MR) is 76.8 cm³/mol. The second-order valence-corrected chi connectivity index (χ2v) is 4.77. The summed E-state index contributed by atoms with van der Waals surface area (Å²) in [6, 6.07) is 4.48. The van der Waals surface area contributed by atoms with Crippen molar-refractivity contribution in [3.63, 3.8) is 0 Å². The number of rotatable bonds is 3. The Morgan fingerprint density at radius 2 is 2.19 bits per heavy atom. The van der Waals surface area contributed by atoms with E-state index in [1.54, 1.807) is 16.7 Å². The number of hydrogen-bond acceptors (Lipinski definition) is 5. The number of nitrogen functional groups attached to an aromatic ring is 1. The molecule has 2 N–H and O–H groups in total. The lowest BCUT2D eigenvalue weighted by Crippen LogP contribution is -2.05. The summed E-state index contributed by atoms with van der Waals surface area (Å²) in [4.78, 5) is 12.3. The van der Waals surface area contributed by atoms with Crippen LogP contribution in [-0.4, -0.2) is 26.6 Å². The number of nitrogens with two attached hydrogens (primary N) is 1. The number of methoxy groups -OCH3 is 1. The highest BCUT2D eigenvalue weighted by atomic mass is 35.5. The molecule has 8 heteroatoms. The van der Waals surface area contributed by atoms with Gasteiger partial charge in [-0.05, 0) is 17.7 Å². The summed E-state index contributed by atoms with van der Waals surface area (Å²) < 4.78 is 20.0. The van der Waals surface area contributed by atoms with Gasteiger partial charge < -0.3 is 10.5 Å². The molecule has 0 saturated carbocycles. The maximum absolute atomic E-state index is 13.2. The lowest BCUT2D eigenvalue weighted by Gasteiger charge is -2.07. The number of halogens is 2. The van der Waals surface area contributed by atoms with E-state index in [1.165, 1.54) is 19.5 Å². The largest absolute Gasteiger partial charge is 0.479 e. The van der Waals surface area contributed by atoms with E-state index in [0.29, 0.717) is 23.6 Å². The number of hydrogen-bond donors (Lipinski definition) is 1. The van der Waals surface area contributed by atoms with Crippen LogP contribution < -0.4 is 10.5 Å². The second kappa shape index (κ2) is 5.17. The van der Waals surface area contributed by atoms with Crippen LogP contribution in [0.3, 0.4) is 0 Å². The van der Waals surface area contributed by atoms with E-state index in [9.17, 15) is 4.39 Å². The van der Waals surface area contributed by atoms with E-state index in [4.69, 9.17) is 22.1 Å². The molecule has 2 aromatic heterocycles. The molecule has 3 rings (SSSR count). The molecule has 2 heterocycles. The van der Waals surface area contributed by atoms with Crippen LogP contribution in [0.15, 0.2) is 24.5 Å². The van der Waals surface area contributed by atoms with Crippen molar-refractivity contribution in [2.24, 2.45) is 0 Å². The monoisotopic (exact) mass is 307 g/mol. The summed E-state index contributed by atoms with van der Waals surface area (Å²) in [5.74, 6) is 0.153. The minimum Gasteiger partial charge on any atom is -0.479 e. The van der Waals surface area contributed by atoms with Crippen LogP contribution in [-0.2, 0) is 6.54 Å². The number of ether oxygens (including phenoxy) is 1. The van der Waals surface area contributed by atoms with E-state index < -0.39 is 5.82 Å². The average molecular weight is 308 g/mol. The Morgan fingerprint density at radius 1 is 1.38 bits per heavy atom. The number of aromatic nitrogens is 4. The number of benzene rings is 1. The smallest absolute Gasteiger partial charge is 0.245 e. The quantitative estimate of drug-likeness (QED) is 0.803. The van der Waals surface area contributed by atoms with Crippen LogP contribution in [0.25, 0.3) is 11.2 Å². The standard InChI is InChI=1S/C13H11ClFN5O/c1-21-12-10-11(17-6-18-12)20(13(16)19-10)5-7-2-3-9(15)8(14)4-7/h2-4,6H,5H2,1H3,(H2,16,19). The molecule has 0 saturated heterocycles. The van der Waals surface area contributed by atoms with Gasteiger partial charge in [0.1, 0.15) is 12.1 Å². The van der Waals surface area contributed by atoms with Gasteiger partial charge in [-0.3, -0.25) is 4.57 Å². The summed E-state index contributed by atoms with van der Waals surface area (Å²) >= 11 is 5.78. The fourth-order valence-electron chi connectivity index (χ4n) is 2.06. The highest BCUT2D eigenvalue weighted by molar-refractivity contribution is 6.30. The molecule has 0 spiro atoms. The van der Waals surface area contributed by atoms with Crippen molar-refractivity contribution in [2.75, 3.05) is 12.8 Å². The number of fused-ring (bicyclic) bond motifs is 1. The van der Waals surface area contributed by atoms with Crippen molar-refractivity contribution in [2.45, 2.75) is 6.54 Å². The van der Waals surface area contributed by atoms with Crippen molar-refractivity contribution in [3.8, 4) is 5.88 Å². The molecule has 21 heavy (non-hydrogen) atoms. The molecule has 0 aliphatic carbocycles. The molecule has 0 atom stereocenters. The first kappa shape index (κ1) is 13.6. The zero-order valence-corrected chi connectivity index (χ0v) is 11.8. The SMILES string of the molecule is COc1ncnc2c1nc(N)n2Cc1ccc(F)c(Cl)c1. The zero-order chi connectivity index (χ0) is 15.0. The zero-order valence-electron chi connectivity index (χ0n) is 11.0. The molecule has 0 fully saturated rings. The summed E-state index contributed by atoms with van der Waals surface area (Å²) in [7, 11) is 1.50. The van der Waals surface area contributed by atoms with Crippen molar-refractivity contribution in [3.05, 3.63) is 40.9 Å². The van der Waals surface area contributed by atoms with Gasteiger partial charge in [-0.2, -0.15) is 4.98 Å². The Hall–Kier alpha value is -2.41. The Labute approximate surface area is 124 Å². The fourth-order valence-corrected chi connectivity index (χ4v) is 2.26. The normalized spacial score (nSPS) is 11.0. The third-order valence-corrected chi connectivity index (χ3v) is 3.34. The van der Waals surface area contributed by atoms with Crippen LogP contribution in [0, 0.1) is 5.82 Å². The lowest BCUT2D eigenvalue weighted by atomic mass is 10.2. The third kappa shape index (κ3) is 2.36. The number of imidazole rings is 1. The molecule has 0 aliphatic rings. The van der Waals surface area contributed by atoms with Gasteiger partial charge in [-0.1, -0.05) is 17.7 Å². The molecule has 108 valence electrons. The first-order valence-corrected chi connectivity index (χ1v) is 6.42. The molecule has 0 radical (unpaired) electrons. The second-order valence-electron chi connectivity index (χ2n) is 4.36. The van der Waals surface area contributed by atoms with Gasteiger partial charge in [0, 0.05) is 0 Å². The Bertz CT molecular complexity index is 820. The Kier molecular flexibility index (Phi) is 3.34. The van der Waals surface area contributed by atoms with Crippen molar-refractivity contribution < 1.29 is 9.13 Å². The van der Waals surface area contributed by atoms with Crippen molar-refractivity contribution in [1.29, 1.82) is 0 Å².